The summed E-state index contributed by atoms with van der Waals surface area (Å²) in [5.41, 5.74) is 0.804. The fourth-order valence-electron chi connectivity index (χ4n) is 0.885. The van der Waals surface area contributed by atoms with Crippen LogP contribution < -0.4 is 5.32 Å². The van der Waals surface area contributed by atoms with Crippen molar-refractivity contribution in [3.63, 3.8) is 0 Å². The monoisotopic (exact) mass is 234 g/mol. The molecule has 0 bridgehead atoms. The Hall–Kier alpha value is -1.23. The molecule has 0 aliphatic carbocycles. The minimum Gasteiger partial charge on any atom is -0.319 e. The van der Waals surface area contributed by atoms with Crippen molar-refractivity contribution in [2.24, 2.45) is 0 Å². The van der Waals surface area contributed by atoms with Gasteiger partial charge in [-0.1, -0.05) is 11.6 Å². The molecule has 0 saturated carbocycles. The second-order valence-corrected chi connectivity index (χ2v) is 3.55. The number of pyridine rings is 1. The Kier molecular flexibility index (Phi) is 3.24. The van der Waals surface area contributed by atoms with Crippen molar-refractivity contribution in [2.45, 2.75) is 19.8 Å². The lowest BCUT2D eigenvalue weighted by Crippen LogP contribution is -2.31. The molecule has 6 heteroatoms. The topological polar surface area (TPSA) is 42.0 Å². The van der Waals surface area contributed by atoms with Crippen molar-refractivity contribution in [2.75, 3.05) is 5.32 Å². The number of carbonyl (C=O) groups excluding carboxylic acids is 1. The van der Waals surface area contributed by atoms with E-state index in [0.717, 1.165) is 0 Å². The van der Waals surface area contributed by atoms with E-state index in [1.165, 1.54) is 12.3 Å². The van der Waals surface area contributed by atoms with Crippen LogP contribution in [0.25, 0.3) is 0 Å². The molecule has 82 valence electrons. The Morgan fingerprint density at radius 1 is 1.60 bits per heavy atom. The zero-order valence-corrected chi connectivity index (χ0v) is 8.90. The zero-order chi connectivity index (χ0) is 11.6. The Bertz CT molecular complexity index is 390. The largest absolute Gasteiger partial charge is 0.322 e. The predicted octanol–water partition coefficient (Wildman–Crippen LogP) is 2.64. The van der Waals surface area contributed by atoms with Crippen molar-refractivity contribution in [3.8, 4) is 0 Å². The highest BCUT2D eigenvalue weighted by Crippen LogP contribution is 2.20. The summed E-state index contributed by atoms with van der Waals surface area (Å²) in [7, 11) is 0. The van der Waals surface area contributed by atoms with E-state index < -0.39 is 11.8 Å². The Morgan fingerprint density at radius 3 is 2.67 bits per heavy atom. The standard InChI is InChI=1S/C9H9ClF2N2O/c1-5-3-7(10)13-4-6(5)14-8(15)9(2,11)12/h3-4H,1-2H3,(H,14,15). The van der Waals surface area contributed by atoms with E-state index in [0.29, 0.717) is 12.5 Å². The van der Waals surface area contributed by atoms with Gasteiger partial charge in [0.1, 0.15) is 5.15 Å². The van der Waals surface area contributed by atoms with Crippen LogP contribution in [0.4, 0.5) is 14.5 Å². The lowest BCUT2D eigenvalue weighted by atomic mass is 10.2. The lowest BCUT2D eigenvalue weighted by Gasteiger charge is -2.12. The van der Waals surface area contributed by atoms with Crippen LogP contribution >= 0.6 is 11.6 Å². The van der Waals surface area contributed by atoms with Crippen LogP contribution in [0.1, 0.15) is 12.5 Å². The van der Waals surface area contributed by atoms with Gasteiger partial charge in [0.2, 0.25) is 0 Å². The number of amides is 1. The first-order chi connectivity index (χ1) is 6.80. The fraction of sp³-hybridized carbons (Fsp3) is 0.333. The number of halogens is 3. The molecule has 0 aliphatic rings. The van der Waals surface area contributed by atoms with Gasteiger partial charge < -0.3 is 5.32 Å². The van der Waals surface area contributed by atoms with Crippen molar-refractivity contribution in [1.29, 1.82) is 0 Å². The molecule has 1 amide bonds. The van der Waals surface area contributed by atoms with Gasteiger partial charge in [0.15, 0.2) is 0 Å². The van der Waals surface area contributed by atoms with Gasteiger partial charge in [-0.3, -0.25) is 4.79 Å². The van der Waals surface area contributed by atoms with Crippen LogP contribution in [0.3, 0.4) is 0 Å². The minimum absolute atomic E-state index is 0.228. The average molecular weight is 235 g/mol. The van der Waals surface area contributed by atoms with Gasteiger partial charge in [0, 0.05) is 6.92 Å². The van der Waals surface area contributed by atoms with E-state index in [1.54, 1.807) is 6.92 Å². The first kappa shape index (κ1) is 11.8. The number of nitrogens with one attached hydrogen (secondary N) is 1. The molecule has 1 rings (SSSR count). The number of alkyl halides is 2. The maximum atomic E-state index is 12.6. The highest BCUT2D eigenvalue weighted by molar-refractivity contribution is 6.29. The highest BCUT2D eigenvalue weighted by atomic mass is 35.5. The summed E-state index contributed by atoms with van der Waals surface area (Å²) in [6.45, 7) is 2.16. The summed E-state index contributed by atoms with van der Waals surface area (Å²) >= 11 is 5.57. The van der Waals surface area contributed by atoms with Gasteiger partial charge in [0.25, 0.3) is 5.91 Å². The molecule has 3 nitrogen and oxygen atoms in total. The number of hydrogen-bond acceptors (Lipinski definition) is 2. The number of rotatable bonds is 2. The zero-order valence-electron chi connectivity index (χ0n) is 8.14. The number of carbonyl (C=O) groups is 1. The van der Waals surface area contributed by atoms with Gasteiger partial charge in [-0.25, -0.2) is 4.98 Å². The normalized spacial score (nSPS) is 11.3. The highest BCUT2D eigenvalue weighted by Gasteiger charge is 2.32. The molecular weight excluding hydrogens is 226 g/mol. The molecule has 0 saturated heterocycles. The smallest absolute Gasteiger partial charge is 0.319 e. The van der Waals surface area contributed by atoms with Gasteiger partial charge in [0.05, 0.1) is 11.9 Å². The molecule has 0 atom stereocenters. The third-order valence-corrected chi connectivity index (χ3v) is 1.93. The molecule has 0 spiro atoms. The maximum absolute atomic E-state index is 12.6. The van der Waals surface area contributed by atoms with Crippen LogP contribution in [-0.2, 0) is 4.79 Å². The molecule has 0 aliphatic heterocycles. The van der Waals surface area contributed by atoms with Crippen LogP contribution in [0.5, 0.6) is 0 Å². The van der Waals surface area contributed by atoms with Crippen LogP contribution in [-0.4, -0.2) is 16.8 Å². The van der Waals surface area contributed by atoms with Gasteiger partial charge in [-0.15, -0.1) is 0 Å². The summed E-state index contributed by atoms with van der Waals surface area (Å²) in [6.07, 6.45) is 1.24. The molecule has 0 unspecified atom stereocenters. The quantitative estimate of drug-likeness (QED) is 0.800. The fourth-order valence-corrected chi connectivity index (χ4v) is 1.10. The number of anilines is 1. The van der Waals surface area contributed by atoms with Gasteiger partial charge in [-0.05, 0) is 18.6 Å². The second-order valence-electron chi connectivity index (χ2n) is 3.16. The van der Waals surface area contributed by atoms with E-state index in [-0.39, 0.29) is 10.8 Å². The third-order valence-electron chi connectivity index (χ3n) is 1.72. The second kappa shape index (κ2) is 4.10. The third kappa shape index (κ3) is 3.13. The molecule has 1 heterocycles. The van der Waals surface area contributed by atoms with E-state index in [4.69, 9.17) is 11.6 Å². The van der Waals surface area contributed by atoms with E-state index in [1.807, 2.05) is 0 Å². The number of aryl methyl sites for hydroxylation is 1. The number of nitrogens with zero attached hydrogens (tertiary/aromatic N) is 1. The van der Waals surface area contributed by atoms with Crippen molar-refractivity contribution in [3.05, 3.63) is 23.0 Å². The summed E-state index contributed by atoms with van der Waals surface area (Å²) in [5, 5.41) is 2.31. The SMILES string of the molecule is Cc1cc(Cl)ncc1NC(=O)C(C)(F)F. The first-order valence-corrected chi connectivity index (χ1v) is 4.50. The molecule has 0 radical (unpaired) electrons. The van der Waals surface area contributed by atoms with Crippen molar-refractivity contribution < 1.29 is 13.6 Å². The van der Waals surface area contributed by atoms with Gasteiger partial charge >= 0.3 is 5.92 Å². The summed E-state index contributed by atoms with van der Waals surface area (Å²) in [6, 6.07) is 1.48. The molecule has 1 N–H and O–H groups in total. The first-order valence-electron chi connectivity index (χ1n) is 4.12. The Labute approximate surface area is 90.5 Å². The molecular formula is C9H9ClF2N2O. The maximum Gasteiger partial charge on any atom is 0.322 e. The molecule has 1 aromatic rings. The number of aromatic nitrogens is 1. The van der Waals surface area contributed by atoms with Crippen LogP contribution in [0.15, 0.2) is 12.3 Å². The predicted molar refractivity (Wildman–Crippen MR) is 53.2 cm³/mol. The molecule has 0 fully saturated rings. The van der Waals surface area contributed by atoms with Crippen molar-refractivity contribution >= 4 is 23.2 Å². The lowest BCUT2D eigenvalue weighted by molar-refractivity contribution is -0.137. The van der Waals surface area contributed by atoms with E-state index in [9.17, 15) is 13.6 Å². The summed E-state index contributed by atoms with van der Waals surface area (Å²) in [5.74, 6) is -4.78. The summed E-state index contributed by atoms with van der Waals surface area (Å²) < 4.78 is 25.1. The van der Waals surface area contributed by atoms with Gasteiger partial charge in [-0.2, -0.15) is 8.78 Å². The van der Waals surface area contributed by atoms with E-state index in [2.05, 4.69) is 10.3 Å². The van der Waals surface area contributed by atoms with E-state index >= 15 is 0 Å². The summed E-state index contributed by atoms with van der Waals surface area (Å²) in [4.78, 5) is 14.6. The Balaban J connectivity index is 2.87. The Morgan fingerprint density at radius 2 is 2.20 bits per heavy atom. The van der Waals surface area contributed by atoms with Crippen LogP contribution in [0.2, 0.25) is 5.15 Å². The van der Waals surface area contributed by atoms with Crippen molar-refractivity contribution in [1.82, 2.24) is 4.98 Å². The molecule has 15 heavy (non-hydrogen) atoms. The average Bonchev–Trinajstić information content (AvgIpc) is 2.08. The molecule has 1 aromatic heterocycles. The minimum atomic E-state index is -3.41. The molecule has 0 aromatic carbocycles. The number of hydrogen-bond donors (Lipinski definition) is 1. The van der Waals surface area contributed by atoms with Crippen LogP contribution in [0, 0.1) is 6.92 Å².